The predicted molar refractivity (Wildman–Crippen MR) is 100 cm³/mol. The lowest BCUT2D eigenvalue weighted by atomic mass is 10.2. The summed E-state index contributed by atoms with van der Waals surface area (Å²) >= 11 is 0. The number of hydrogen-bond acceptors (Lipinski definition) is 5. The fraction of sp³-hybridized carbons (Fsp3) is 0.526. The summed E-state index contributed by atoms with van der Waals surface area (Å²) in [6, 6.07) is 1.56. The molecule has 3 heterocycles. The van der Waals surface area contributed by atoms with Gasteiger partial charge in [-0.25, -0.2) is 14.2 Å². The zero-order chi connectivity index (χ0) is 19.1. The molecule has 2 aliphatic rings. The summed E-state index contributed by atoms with van der Waals surface area (Å²) < 4.78 is 16.5. The molecule has 2 aromatic rings. The minimum absolute atomic E-state index is 0.0305. The van der Waals surface area contributed by atoms with Gasteiger partial charge in [-0.05, 0) is 38.3 Å². The predicted octanol–water partition coefficient (Wildman–Crippen LogP) is 2.15. The Kier molecular flexibility index (Phi) is 4.59. The summed E-state index contributed by atoms with van der Waals surface area (Å²) in [5, 5.41) is 12.8. The van der Waals surface area contributed by atoms with E-state index in [-0.39, 0.29) is 22.8 Å². The molecule has 0 radical (unpaired) electrons. The third-order valence-corrected chi connectivity index (χ3v) is 5.28. The van der Waals surface area contributed by atoms with Crippen LogP contribution in [-0.4, -0.2) is 46.3 Å². The smallest absolute Gasteiger partial charge is 0.341 e. The number of carboxylic acid groups (broad SMARTS) is 1. The molecule has 1 unspecified atom stereocenters. The van der Waals surface area contributed by atoms with Gasteiger partial charge in [0.25, 0.3) is 0 Å². The Morgan fingerprint density at radius 1 is 1.41 bits per heavy atom. The van der Waals surface area contributed by atoms with Crippen molar-refractivity contribution in [2.24, 2.45) is 0 Å². The standard InChI is InChI=1S/C19H23FN4O3/c1-2-6-21-11-5-7-23(9-11)18-15(20)8-13-16(25)14(19(26)27)10-24(12-3-4-12)17(13)22-18/h8,10-12,21H,2-7,9H2,1H3,(H,26,27). The van der Waals surface area contributed by atoms with E-state index < -0.39 is 17.2 Å². The van der Waals surface area contributed by atoms with Crippen molar-refractivity contribution in [1.82, 2.24) is 14.9 Å². The summed E-state index contributed by atoms with van der Waals surface area (Å²) in [6.07, 6.45) is 5.11. The second kappa shape index (κ2) is 6.92. The summed E-state index contributed by atoms with van der Waals surface area (Å²) in [6.45, 7) is 4.38. The SMILES string of the molecule is CCCNC1CCN(c2nc3c(cc2F)c(=O)c(C(=O)O)cn3C2CC2)C1. The Morgan fingerprint density at radius 2 is 2.19 bits per heavy atom. The normalized spacial score (nSPS) is 19.8. The van der Waals surface area contributed by atoms with Crippen LogP contribution in [0.25, 0.3) is 11.0 Å². The van der Waals surface area contributed by atoms with Gasteiger partial charge in [-0.2, -0.15) is 0 Å². The van der Waals surface area contributed by atoms with Crippen LogP contribution in [0, 0.1) is 5.82 Å². The van der Waals surface area contributed by atoms with E-state index in [0.717, 1.165) is 38.3 Å². The quantitative estimate of drug-likeness (QED) is 0.806. The van der Waals surface area contributed by atoms with Crippen LogP contribution in [-0.2, 0) is 0 Å². The van der Waals surface area contributed by atoms with Crippen molar-refractivity contribution in [3.63, 3.8) is 0 Å². The highest BCUT2D eigenvalue weighted by Crippen LogP contribution is 2.37. The average molecular weight is 374 g/mol. The van der Waals surface area contributed by atoms with E-state index in [1.54, 1.807) is 4.57 Å². The molecular formula is C19H23FN4O3. The van der Waals surface area contributed by atoms with Crippen molar-refractivity contribution in [3.8, 4) is 0 Å². The molecule has 1 saturated carbocycles. The van der Waals surface area contributed by atoms with Gasteiger partial charge in [-0.1, -0.05) is 6.92 Å². The number of carbonyl (C=O) groups is 1. The van der Waals surface area contributed by atoms with E-state index in [1.165, 1.54) is 6.20 Å². The number of aromatic carboxylic acids is 1. The fourth-order valence-corrected chi connectivity index (χ4v) is 3.71. The maximum Gasteiger partial charge on any atom is 0.341 e. The van der Waals surface area contributed by atoms with Crippen LogP contribution in [0.15, 0.2) is 17.1 Å². The van der Waals surface area contributed by atoms with Crippen LogP contribution < -0.4 is 15.6 Å². The van der Waals surface area contributed by atoms with Gasteiger partial charge in [0.05, 0.1) is 5.39 Å². The molecule has 2 aromatic heterocycles. The molecule has 8 heteroatoms. The number of fused-ring (bicyclic) bond motifs is 1. The lowest BCUT2D eigenvalue weighted by Crippen LogP contribution is -2.33. The van der Waals surface area contributed by atoms with E-state index >= 15 is 0 Å². The lowest BCUT2D eigenvalue weighted by Gasteiger charge is -2.20. The number of halogens is 1. The number of nitrogens with zero attached hydrogens (tertiary/aromatic N) is 3. The minimum Gasteiger partial charge on any atom is -0.477 e. The Bertz CT molecular complexity index is 954. The first-order valence-corrected chi connectivity index (χ1v) is 9.46. The van der Waals surface area contributed by atoms with Gasteiger partial charge in [0.15, 0.2) is 11.6 Å². The molecule has 1 atom stereocenters. The highest BCUT2D eigenvalue weighted by atomic mass is 19.1. The number of rotatable bonds is 6. The average Bonchev–Trinajstić information content (AvgIpc) is 3.38. The third kappa shape index (κ3) is 3.29. The summed E-state index contributed by atoms with van der Waals surface area (Å²) in [7, 11) is 0. The van der Waals surface area contributed by atoms with Gasteiger partial charge in [0.2, 0.25) is 5.43 Å². The first kappa shape index (κ1) is 17.9. The Labute approximate surface area is 155 Å². The Morgan fingerprint density at radius 3 is 2.85 bits per heavy atom. The van der Waals surface area contributed by atoms with Gasteiger partial charge in [0, 0.05) is 31.4 Å². The second-order valence-electron chi connectivity index (χ2n) is 7.37. The maximum absolute atomic E-state index is 14.8. The number of carboxylic acids is 1. The van der Waals surface area contributed by atoms with Gasteiger partial charge in [-0.15, -0.1) is 0 Å². The van der Waals surface area contributed by atoms with Crippen LogP contribution in [0.1, 0.15) is 49.0 Å². The molecule has 0 bridgehead atoms. The number of nitrogens with one attached hydrogen (secondary N) is 1. The van der Waals surface area contributed by atoms with Gasteiger partial charge in [0.1, 0.15) is 11.2 Å². The Balaban J connectivity index is 1.77. The molecule has 4 rings (SSSR count). The van der Waals surface area contributed by atoms with Crippen molar-refractivity contribution in [1.29, 1.82) is 0 Å². The third-order valence-electron chi connectivity index (χ3n) is 5.28. The molecule has 1 aliphatic carbocycles. The summed E-state index contributed by atoms with van der Waals surface area (Å²) in [5.41, 5.74) is -0.654. The molecule has 7 nitrogen and oxygen atoms in total. The first-order valence-electron chi connectivity index (χ1n) is 9.46. The highest BCUT2D eigenvalue weighted by molar-refractivity contribution is 5.92. The summed E-state index contributed by atoms with van der Waals surface area (Å²) in [4.78, 5) is 30.3. The fourth-order valence-electron chi connectivity index (χ4n) is 3.71. The van der Waals surface area contributed by atoms with Crippen LogP contribution in [0.2, 0.25) is 0 Å². The van der Waals surface area contributed by atoms with Gasteiger partial charge >= 0.3 is 5.97 Å². The molecule has 2 N–H and O–H groups in total. The topological polar surface area (TPSA) is 87.5 Å². The van der Waals surface area contributed by atoms with Crippen molar-refractivity contribution in [2.45, 2.75) is 44.7 Å². The number of anilines is 1. The van der Waals surface area contributed by atoms with E-state index in [1.807, 2.05) is 4.90 Å². The Hall–Kier alpha value is -2.48. The number of aromatic nitrogens is 2. The largest absolute Gasteiger partial charge is 0.477 e. The van der Waals surface area contributed by atoms with Crippen molar-refractivity contribution in [2.75, 3.05) is 24.5 Å². The minimum atomic E-state index is -1.30. The molecule has 1 aliphatic heterocycles. The van der Waals surface area contributed by atoms with Crippen LogP contribution in [0.5, 0.6) is 0 Å². The number of pyridine rings is 2. The van der Waals surface area contributed by atoms with Crippen molar-refractivity contribution >= 4 is 22.8 Å². The molecule has 2 fully saturated rings. The molecule has 0 spiro atoms. The van der Waals surface area contributed by atoms with Gasteiger partial charge in [-0.3, -0.25) is 4.79 Å². The van der Waals surface area contributed by atoms with E-state index in [2.05, 4.69) is 17.2 Å². The molecular weight excluding hydrogens is 351 g/mol. The van der Waals surface area contributed by atoms with Crippen molar-refractivity contribution in [3.05, 3.63) is 33.9 Å². The second-order valence-corrected chi connectivity index (χ2v) is 7.37. The first-order chi connectivity index (χ1) is 13.0. The highest BCUT2D eigenvalue weighted by Gasteiger charge is 2.30. The molecule has 0 aromatic carbocycles. The zero-order valence-electron chi connectivity index (χ0n) is 15.2. The summed E-state index contributed by atoms with van der Waals surface area (Å²) in [5.74, 6) is -1.65. The number of hydrogen-bond donors (Lipinski definition) is 2. The lowest BCUT2D eigenvalue weighted by molar-refractivity contribution is 0.0695. The monoisotopic (exact) mass is 374 g/mol. The van der Waals surface area contributed by atoms with Crippen molar-refractivity contribution < 1.29 is 14.3 Å². The molecule has 27 heavy (non-hydrogen) atoms. The zero-order valence-corrected chi connectivity index (χ0v) is 15.2. The maximum atomic E-state index is 14.8. The molecule has 1 saturated heterocycles. The van der Waals surface area contributed by atoms with Crippen LogP contribution in [0.4, 0.5) is 10.2 Å². The van der Waals surface area contributed by atoms with E-state index in [9.17, 15) is 19.1 Å². The van der Waals surface area contributed by atoms with Crippen LogP contribution in [0.3, 0.4) is 0 Å². The van der Waals surface area contributed by atoms with Crippen LogP contribution >= 0.6 is 0 Å². The molecule has 144 valence electrons. The van der Waals surface area contributed by atoms with E-state index in [4.69, 9.17) is 0 Å². The van der Waals surface area contributed by atoms with E-state index in [0.29, 0.717) is 24.8 Å². The van der Waals surface area contributed by atoms with Gasteiger partial charge < -0.3 is 19.9 Å². The molecule has 0 amide bonds.